The van der Waals surface area contributed by atoms with Crippen molar-refractivity contribution >= 4 is 87.5 Å². The van der Waals surface area contributed by atoms with Crippen LogP contribution < -0.4 is 0 Å². The van der Waals surface area contributed by atoms with Crippen molar-refractivity contribution in [1.29, 1.82) is 5.26 Å². The molecule has 0 aliphatic rings. The van der Waals surface area contributed by atoms with E-state index in [1.165, 1.54) is 0 Å². The third kappa shape index (κ3) is 5.82. The minimum Gasteiger partial charge on any atom is -0.456 e. The fourth-order valence-electron chi connectivity index (χ4n) is 11.2. The molecule has 0 spiro atoms. The maximum Gasteiger partial charge on any atom is 0.164 e. The maximum atomic E-state index is 11.7. The summed E-state index contributed by atoms with van der Waals surface area (Å²) in [5.74, 6) is 1.64. The molecule has 0 saturated heterocycles. The van der Waals surface area contributed by atoms with Crippen molar-refractivity contribution in [2.75, 3.05) is 0 Å². The number of hydrogen-bond acceptors (Lipinski definition) is 6. The number of hydrogen-bond donors (Lipinski definition) is 0. The van der Waals surface area contributed by atoms with Gasteiger partial charge in [0.05, 0.1) is 39.0 Å². The Hall–Kier alpha value is -10.1. The van der Waals surface area contributed by atoms with Crippen LogP contribution in [0.4, 0.5) is 0 Å². The molecular weight excluding hydrogens is 885 g/mol. The lowest BCUT2D eigenvalue weighted by molar-refractivity contribution is 0.669. The van der Waals surface area contributed by atoms with Crippen LogP contribution in [0.5, 0.6) is 0 Å². The van der Waals surface area contributed by atoms with E-state index in [4.69, 9.17) is 23.8 Å². The maximum absolute atomic E-state index is 11.7. The van der Waals surface area contributed by atoms with Crippen LogP contribution in [0.3, 0.4) is 0 Å². The Bertz CT molecular complexity index is 4710. The van der Waals surface area contributed by atoms with Crippen molar-refractivity contribution in [3.8, 4) is 62.7 Å². The number of nitrogens with zero attached hydrogens (tertiary/aromatic N) is 6. The van der Waals surface area contributed by atoms with E-state index in [0.717, 1.165) is 127 Å². The van der Waals surface area contributed by atoms with Crippen LogP contribution in [0.1, 0.15) is 5.56 Å². The Kier molecular flexibility index (Phi) is 8.55. The third-order valence-corrected chi connectivity index (χ3v) is 14.2. The molecule has 0 aliphatic heterocycles. The quantitative estimate of drug-likeness (QED) is 0.165. The van der Waals surface area contributed by atoms with Gasteiger partial charge in [0.2, 0.25) is 0 Å². The van der Waals surface area contributed by atoms with Gasteiger partial charge in [-0.3, -0.25) is 0 Å². The van der Waals surface area contributed by atoms with E-state index in [0.29, 0.717) is 23.0 Å². The van der Waals surface area contributed by atoms with Crippen molar-refractivity contribution in [1.82, 2.24) is 24.1 Å². The van der Waals surface area contributed by atoms with E-state index in [1.54, 1.807) is 0 Å². The molecule has 334 valence electrons. The van der Waals surface area contributed by atoms with Gasteiger partial charge in [0.25, 0.3) is 0 Å². The van der Waals surface area contributed by atoms with Crippen LogP contribution in [-0.4, -0.2) is 24.1 Å². The van der Waals surface area contributed by atoms with E-state index >= 15 is 0 Å². The van der Waals surface area contributed by atoms with Gasteiger partial charge in [-0.2, -0.15) is 5.26 Å². The summed E-state index contributed by atoms with van der Waals surface area (Å²) in [6.07, 6.45) is 0. The van der Waals surface area contributed by atoms with E-state index in [-0.39, 0.29) is 0 Å². The molecule has 0 amide bonds. The number of aromatic nitrogens is 5. The highest BCUT2D eigenvalue weighted by atomic mass is 16.3. The molecule has 0 atom stereocenters. The zero-order valence-electron chi connectivity index (χ0n) is 38.3. The Labute approximate surface area is 410 Å². The summed E-state index contributed by atoms with van der Waals surface area (Å²) in [7, 11) is 0. The zero-order valence-corrected chi connectivity index (χ0v) is 38.3. The number of nitriles is 1. The predicted octanol–water partition coefficient (Wildman–Crippen LogP) is 16.4. The molecule has 0 unspecified atom stereocenters. The molecule has 72 heavy (non-hydrogen) atoms. The van der Waals surface area contributed by atoms with Crippen LogP contribution in [0, 0.1) is 11.3 Å². The normalized spacial score (nSPS) is 11.9. The summed E-state index contributed by atoms with van der Waals surface area (Å²) in [4.78, 5) is 15.4. The standard InChI is InChI=1S/C64H36N6O2/c65-37-47-41(24-15-27-50(47)69-48-25-11-7-20-42(48)58-52(69)32-34-56-60(58)44-22-9-13-28-54(44)71-56)46-36-40(64-67-62(38-16-3-1-4-17-38)66-63(68-64)39-18-5-2-6-19-39)30-31-51(46)70-49-26-12-8-21-43(49)59-53(70)33-35-57-61(59)45-23-10-14-29-55(45)72-57/h1-36H. The summed E-state index contributed by atoms with van der Waals surface area (Å²) in [6, 6.07) is 77.1. The molecule has 0 bridgehead atoms. The zero-order chi connectivity index (χ0) is 47.4. The average molecular weight is 921 g/mol. The van der Waals surface area contributed by atoms with Gasteiger partial charge in [0, 0.05) is 70.9 Å². The molecule has 8 heteroatoms. The number of benzene rings is 10. The smallest absolute Gasteiger partial charge is 0.164 e. The lowest BCUT2D eigenvalue weighted by Gasteiger charge is -2.19. The summed E-state index contributed by atoms with van der Waals surface area (Å²) in [6.45, 7) is 0. The van der Waals surface area contributed by atoms with Crippen molar-refractivity contribution in [3.05, 3.63) is 224 Å². The Balaban J connectivity index is 1.04. The van der Waals surface area contributed by atoms with Gasteiger partial charge in [-0.05, 0) is 72.8 Å². The molecule has 0 fully saturated rings. The largest absolute Gasteiger partial charge is 0.456 e. The van der Waals surface area contributed by atoms with E-state index in [1.807, 2.05) is 84.9 Å². The summed E-state index contributed by atoms with van der Waals surface area (Å²) in [5, 5.41) is 20.3. The lowest BCUT2D eigenvalue weighted by Crippen LogP contribution is -2.04. The number of para-hydroxylation sites is 4. The van der Waals surface area contributed by atoms with Gasteiger partial charge < -0.3 is 18.0 Å². The molecule has 15 rings (SSSR count). The van der Waals surface area contributed by atoms with Crippen molar-refractivity contribution in [2.45, 2.75) is 0 Å². The fraction of sp³-hybridized carbons (Fsp3) is 0. The molecule has 5 heterocycles. The molecule has 15 aromatic rings. The topological polar surface area (TPSA) is 98.6 Å². The molecule has 0 N–H and O–H groups in total. The fourth-order valence-corrected chi connectivity index (χ4v) is 11.2. The Morgan fingerprint density at radius 1 is 0.333 bits per heavy atom. The Morgan fingerprint density at radius 2 is 0.806 bits per heavy atom. The first-order valence-corrected chi connectivity index (χ1v) is 23.9. The molecule has 0 aliphatic carbocycles. The van der Waals surface area contributed by atoms with Crippen LogP contribution in [0.25, 0.3) is 144 Å². The Morgan fingerprint density at radius 3 is 1.35 bits per heavy atom. The van der Waals surface area contributed by atoms with Crippen molar-refractivity contribution < 1.29 is 8.83 Å². The monoisotopic (exact) mass is 920 g/mol. The molecule has 10 aromatic carbocycles. The minimum atomic E-state index is 0.512. The highest BCUT2D eigenvalue weighted by molar-refractivity contribution is 6.29. The van der Waals surface area contributed by atoms with Gasteiger partial charge in [0.1, 0.15) is 28.4 Å². The van der Waals surface area contributed by atoms with Gasteiger partial charge in [-0.1, -0.05) is 146 Å². The SMILES string of the molecule is N#Cc1c(-c2cc(-c3nc(-c4ccccc4)nc(-c4ccccc4)n3)ccc2-n2c3ccccc3c3c4c(ccc32)oc2ccccc24)cccc1-n1c2ccccc2c2c3c(ccc21)oc1ccccc13. The van der Waals surface area contributed by atoms with Crippen LogP contribution >= 0.6 is 0 Å². The van der Waals surface area contributed by atoms with Gasteiger partial charge in [0.15, 0.2) is 17.5 Å². The number of furan rings is 2. The van der Waals surface area contributed by atoms with E-state index in [9.17, 15) is 5.26 Å². The van der Waals surface area contributed by atoms with Gasteiger partial charge >= 0.3 is 0 Å². The average Bonchev–Trinajstić information content (AvgIpc) is 4.20. The van der Waals surface area contributed by atoms with Crippen LogP contribution in [-0.2, 0) is 0 Å². The molecule has 0 radical (unpaired) electrons. The molecule has 5 aromatic heterocycles. The first-order chi connectivity index (χ1) is 35.7. The summed E-state index contributed by atoms with van der Waals surface area (Å²) < 4.78 is 17.5. The number of fused-ring (bicyclic) bond motifs is 14. The lowest BCUT2D eigenvalue weighted by atomic mass is 9.95. The van der Waals surface area contributed by atoms with Crippen LogP contribution in [0.2, 0.25) is 0 Å². The van der Waals surface area contributed by atoms with Crippen molar-refractivity contribution in [3.63, 3.8) is 0 Å². The molecule has 0 saturated carbocycles. The summed E-state index contributed by atoms with van der Waals surface area (Å²) >= 11 is 0. The second kappa shape index (κ2) is 15.5. The first-order valence-electron chi connectivity index (χ1n) is 23.9. The van der Waals surface area contributed by atoms with Crippen molar-refractivity contribution in [2.24, 2.45) is 0 Å². The first kappa shape index (κ1) is 39.9. The highest BCUT2D eigenvalue weighted by Crippen LogP contribution is 2.46. The van der Waals surface area contributed by atoms with Crippen LogP contribution in [0.15, 0.2) is 227 Å². The van der Waals surface area contributed by atoms with Gasteiger partial charge in [-0.25, -0.2) is 15.0 Å². The van der Waals surface area contributed by atoms with Gasteiger partial charge in [-0.15, -0.1) is 0 Å². The van der Waals surface area contributed by atoms with E-state index < -0.39 is 0 Å². The second-order valence-electron chi connectivity index (χ2n) is 18.1. The summed E-state index contributed by atoms with van der Waals surface area (Å²) in [5.41, 5.74) is 13.6. The second-order valence-corrected chi connectivity index (χ2v) is 18.1. The number of rotatable bonds is 6. The molecular formula is C64H36N6O2. The third-order valence-electron chi connectivity index (χ3n) is 14.2. The van der Waals surface area contributed by atoms with E-state index in [2.05, 4.69) is 149 Å². The predicted molar refractivity (Wildman–Crippen MR) is 290 cm³/mol. The molecule has 8 nitrogen and oxygen atoms in total. The highest BCUT2D eigenvalue weighted by Gasteiger charge is 2.26. The minimum absolute atomic E-state index is 0.512.